The van der Waals surface area contributed by atoms with Crippen molar-refractivity contribution in [2.75, 3.05) is 13.1 Å². The molecule has 1 aliphatic rings. The zero-order valence-electron chi connectivity index (χ0n) is 10.9. The van der Waals surface area contributed by atoms with E-state index in [2.05, 4.69) is 0 Å². The minimum Gasteiger partial charge on any atom is -0.508 e. The maximum Gasteiger partial charge on any atom is 0.254 e. The molecule has 0 unspecified atom stereocenters. The zero-order chi connectivity index (χ0) is 13.8. The van der Waals surface area contributed by atoms with Crippen LogP contribution < -0.4 is 5.73 Å². The standard InChI is InChI=1S/C14H20N2O3/c15-5-2-6-16(11-3-1-4-11)14(19)10-7-12(17)9-13(18)8-10/h7-9,11,17-18H,1-6,15H2. The summed E-state index contributed by atoms with van der Waals surface area (Å²) in [6.45, 7) is 1.16. The number of rotatable bonds is 5. The highest BCUT2D eigenvalue weighted by atomic mass is 16.3. The van der Waals surface area contributed by atoms with Crippen molar-refractivity contribution in [3.63, 3.8) is 0 Å². The molecule has 19 heavy (non-hydrogen) atoms. The van der Waals surface area contributed by atoms with E-state index in [1.807, 2.05) is 4.90 Å². The Balaban J connectivity index is 2.17. The summed E-state index contributed by atoms with van der Waals surface area (Å²) in [5, 5.41) is 18.9. The highest BCUT2D eigenvalue weighted by molar-refractivity contribution is 5.95. The average molecular weight is 264 g/mol. The lowest BCUT2D eigenvalue weighted by Crippen LogP contribution is -2.45. The van der Waals surface area contributed by atoms with Gasteiger partial charge in [-0.05, 0) is 44.4 Å². The Labute approximate surface area is 112 Å². The molecule has 1 amide bonds. The average Bonchev–Trinajstić information content (AvgIpc) is 2.29. The van der Waals surface area contributed by atoms with Crippen molar-refractivity contribution >= 4 is 5.91 Å². The van der Waals surface area contributed by atoms with E-state index >= 15 is 0 Å². The molecule has 1 aromatic carbocycles. The first-order chi connectivity index (χ1) is 9.11. The monoisotopic (exact) mass is 264 g/mol. The number of nitrogens with zero attached hydrogens (tertiary/aromatic N) is 1. The third-order valence-corrected chi connectivity index (χ3v) is 3.53. The van der Waals surface area contributed by atoms with Crippen molar-refractivity contribution in [3.8, 4) is 11.5 Å². The Morgan fingerprint density at radius 1 is 1.26 bits per heavy atom. The van der Waals surface area contributed by atoms with Crippen molar-refractivity contribution in [1.82, 2.24) is 4.90 Å². The quantitative estimate of drug-likeness (QED) is 0.751. The van der Waals surface area contributed by atoms with Gasteiger partial charge in [-0.25, -0.2) is 0 Å². The van der Waals surface area contributed by atoms with Crippen LogP contribution in [0.2, 0.25) is 0 Å². The number of phenols is 2. The number of amides is 1. The first-order valence-corrected chi connectivity index (χ1v) is 6.66. The van der Waals surface area contributed by atoms with Gasteiger partial charge < -0.3 is 20.8 Å². The summed E-state index contributed by atoms with van der Waals surface area (Å²) < 4.78 is 0. The molecule has 1 saturated carbocycles. The Morgan fingerprint density at radius 2 is 1.89 bits per heavy atom. The molecule has 0 heterocycles. The first-order valence-electron chi connectivity index (χ1n) is 6.66. The van der Waals surface area contributed by atoms with E-state index in [0.717, 1.165) is 25.7 Å². The molecule has 0 aromatic heterocycles. The second-order valence-corrected chi connectivity index (χ2v) is 4.96. The van der Waals surface area contributed by atoms with Gasteiger partial charge in [0, 0.05) is 24.2 Å². The lowest BCUT2D eigenvalue weighted by Gasteiger charge is -2.37. The van der Waals surface area contributed by atoms with Gasteiger partial charge in [0.15, 0.2) is 0 Å². The van der Waals surface area contributed by atoms with Gasteiger partial charge in [-0.15, -0.1) is 0 Å². The Bertz CT molecular complexity index is 438. The SMILES string of the molecule is NCCCN(C(=O)c1cc(O)cc(O)c1)C1CCC1. The lowest BCUT2D eigenvalue weighted by molar-refractivity contribution is 0.0577. The molecule has 4 N–H and O–H groups in total. The van der Waals surface area contributed by atoms with Crippen LogP contribution in [-0.2, 0) is 0 Å². The first kappa shape index (κ1) is 13.7. The fraction of sp³-hybridized carbons (Fsp3) is 0.500. The largest absolute Gasteiger partial charge is 0.508 e. The molecule has 5 heteroatoms. The summed E-state index contributed by atoms with van der Waals surface area (Å²) in [7, 11) is 0. The lowest BCUT2D eigenvalue weighted by atomic mass is 9.90. The van der Waals surface area contributed by atoms with Crippen molar-refractivity contribution in [2.24, 2.45) is 5.73 Å². The molecule has 2 rings (SSSR count). The van der Waals surface area contributed by atoms with Crippen LogP contribution in [0.25, 0.3) is 0 Å². The van der Waals surface area contributed by atoms with Crippen LogP contribution >= 0.6 is 0 Å². The number of hydrogen-bond donors (Lipinski definition) is 3. The molecule has 0 bridgehead atoms. The molecule has 0 spiro atoms. The number of hydrogen-bond acceptors (Lipinski definition) is 4. The Kier molecular flexibility index (Phi) is 4.27. The molecule has 0 aliphatic heterocycles. The highest BCUT2D eigenvalue weighted by Crippen LogP contribution is 2.28. The smallest absolute Gasteiger partial charge is 0.254 e. The van der Waals surface area contributed by atoms with Crippen molar-refractivity contribution in [2.45, 2.75) is 31.7 Å². The van der Waals surface area contributed by atoms with E-state index < -0.39 is 0 Å². The van der Waals surface area contributed by atoms with Crippen LogP contribution in [0.15, 0.2) is 18.2 Å². The minimum atomic E-state index is -0.149. The van der Waals surface area contributed by atoms with Gasteiger partial charge in [-0.3, -0.25) is 4.79 Å². The molecule has 0 radical (unpaired) electrons. The van der Waals surface area contributed by atoms with E-state index in [-0.39, 0.29) is 23.4 Å². The fourth-order valence-corrected chi connectivity index (χ4v) is 2.29. The van der Waals surface area contributed by atoms with Crippen molar-refractivity contribution in [1.29, 1.82) is 0 Å². The number of nitrogens with two attached hydrogens (primary N) is 1. The van der Waals surface area contributed by atoms with Gasteiger partial charge in [-0.2, -0.15) is 0 Å². The van der Waals surface area contributed by atoms with E-state index in [4.69, 9.17) is 5.73 Å². The molecular weight excluding hydrogens is 244 g/mol. The topological polar surface area (TPSA) is 86.8 Å². The summed E-state index contributed by atoms with van der Waals surface area (Å²) in [4.78, 5) is 14.3. The van der Waals surface area contributed by atoms with Crippen LogP contribution in [0.5, 0.6) is 11.5 Å². The predicted octanol–water partition coefficient (Wildman–Crippen LogP) is 1.44. The van der Waals surface area contributed by atoms with Gasteiger partial charge in [-0.1, -0.05) is 0 Å². The summed E-state index contributed by atoms with van der Waals surface area (Å²) >= 11 is 0. The van der Waals surface area contributed by atoms with Gasteiger partial charge in [0.05, 0.1) is 0 Å². The Morgan fingerprint density at radius 3 is 2.37 bits per heavy atom. The van der Waals surface area contributed by atoms with Crippen LogP contribution in [0, 0.1) is 0 Å². The van der Waals surface area contributed by atoms with E-state index in [1.165, 1.54) is 18.2 Å². The van der Waals surface area contributed by atoms with Crippen LogP contribution in [-0.4, -0.2) is 40.2 Å². The van der Waals surface area contributed by atoms with E-state index in [0.29, 0.717) is 18.7 Å². The second-order valence-electron chi connectivity index (χ2n) is 4.96. The fourth-order valence-electron chi connectivity index (χ4n) is 2.29. The van der Waals surface area contributed by atoms with Gasteiger partial charge in [0.25, 0.3) is 5.91 Å². The molecule has 5 nitrogen and oxygen atoms in total. The summed E-state index contributed by atoms with van der Waals surface area (Å²) in [5.41, 5.74) is 5.83. The van der Waals surface area contributed by atoms with Gasteiger partial charge >= 0.3 is 0 Å². The summed E-state index contributed by atoms with van der Waals surface area (Å²) in [6.07, 6.45) is 3.93. The molecule has 1 aliphatic carbocycles. The summed E-state index contributed by atoms with van der Waals surface area (Å²) in [6, 6.07) is 4.25. The molecule has 104 valence electrons. The van der Waals surface area contributed by atoms with Crippen LogP contribution in [0.3, 0.4) is 0 Å². The molecule has 1 aromatic rings. The Hall–Kier alpha value is -1.75. The second kappa shape index (κ2) is 5.93. The van der Waals surface area contributed by atoms with Crippen molar-refractivity contribution < 1.29 is 15.0 Å². The number of benzene rings is 1. The van der Waals surface area contributed by atoms with E-state index in [1.54, 1.807) is 0 Å². The number of carbonyl (C=O) groups is 1. The van der Waals surface area contributed by atoms with Crippen LogP contribution in [0.4, 0.5) is 0 Å². The maximum absolute atomic E-state index is 12.5. The zero-order valence-corrected chi connectivity index (χ0v) is 10.9. The maximum atomic E-state index is 12.5. The number of aromatic hydroxyl groups is 2. The van der Waals surface area contributed by atoms with Crippen LogP contribution in [0.1, 0.15) is 36.0 Å². The van der Waals surface area contributed by atoms with Gasteiger partial charge in [0.2, 0.25) is 0 Å². The number of carbonyl (C=O) groups excluding carboxylic acids is 1. The van der Waals surface area contributed by atoms with Crippen molar-refractivity contribution in [3.05, 3.63) is 23.8 Å². The highest BCUT2D eigenvalue weighted by Gasteiger charge is 2.29. The molecule has 0 saturated heterocycles. The summed E-state index contributed by atoms with van der Waals surface area (Å²) in [5.74, 6) is -0.351. The normalized spacial score (nSPS) is 15.0. The molecular formula is C14H20N2O3. The third kappa shape index (κ3) is 3.17. The van der Waals surface area contributed by atoms with E-state index in [9.17, 15) is 15.0 Å². The molecule has 0 atom stereocenters. The third-order valence-electron chi connectivity index (χ3n) is 3.53. The van der Waals surface area contributed by atoms with Gasteiger partial charge in [0.1, 0.15) is 11.5 Å². The molecule has 1 fully saturated rings. The predicted molar refractivity (Wildman–Crippen MR) is 72.1 cm³/mol. The minimum absolute atomic E-state index is 0.101. The number of phenolic OH excluding ortho intramolecular Hbond substituents is 2.